The summed E-state index contributed by atoms with van der Waals surface area (Å²) in [6.07, 6.45) is 0. The molecular formula is C19H21FN6O2. The molecule has 0 aliphatic carbocycles. The highest BCUT2D eigenvalue weighted by Gasteiger charge is 2.17. The molecule has 3 rings (SSSR count). The summed E-state index contributed by atoms with van der Waals surface area (Å²) in [5, 5.41) is 2.91. The molecular weight excluding hydrogens is 363 g/mol. The summed E-state index contributed by atoms with van der Waals surface area (Å²) in [7, 11) is 0. The van der Waals surface area contributed by atoms with Gasteiger partial charge in [0.05, 0.1) is 5.56 Å². The van der Waals surface area contributed by atoms with Crippen LogP contribution >= 0.6 is 0 Å². The van der Waals surface area contributed by atoms with E-state index in [9.17, 15) is 9.18 Å². The van der Waals surface area contributed by atoms with Gasteiger partial charge >= 0.3 is 5.97 Å². The lowest BCUT2D eigenvalue weighted by molar-refractivity contribution is 0.0461. The lowest BCUT2D eigenvalue weighted by Crippen LogP contribution is -2.12. The van der Waals surface area contributed by atoms with Gasteiger partial charge < -0.3 is 20.4 Å². The fraction of sp³-hybridized carbons (Fsp3) is 0.263. The molecule has 0 bridgehead atoms. The highest BCUT2D eigenvalue weighted by atomic mass is 19.1. The van der Waals surface area contributed by atoms with Gasteiger partial charge in [-0.25, -0.2) is 9.18 Å². The standard InChI is InChI=1S/C19H21FN6O2/c1-4-26-11(2)9-15(12(26)3)17(27)28-10-16-23-18(21)25-19(24-16)22-14-7-5-13(20)6-8-14/h5-9H,4,10H2,1-3H3,(H3,21,22,23,24,25). The van der Waals surface area contributed by atoms with Crippen LogP contribution in [-0.2, 0) is 17.9 Å². The van der Waals surface area contributed by atoms with Crippen molar-refractivity contribution in [3.05, 3.63) is 58.9 Å². The number of benzene rings is 1. The van der Waals surface area contributed by atoms with Crippen LogP contribution in [0.5, 0.6) is 0 Å². The van der Waals surface area contributed by atoms with Crippen LogP contribution in [-0.4, -0.2) is 25.5 Å². The lowest BCUT2D eigenvalue weighted by Gasteiger charge is -2.08. The summed E-state index contributed by atoms with van der Waals surface area (Å²) in [5.74, 6) is -0.450. The third kappa shape index (κ3) is 4.25. The van der Waals surface area contributed by atoms with Crippen molar-refractivity contribution in [2.45, 2.75) is 33.9 Å². The van der Waals surface area contributed by atoms with Gasteiger partial charge in [0.25, 0.3) is 0 Å². The predicted octanol–water partition coefficient (Wildman–Crippen LogP) is 3.13. The Balaban J connectivity index is 1.71. The maximum Gasteiger partial charge on any atom is 0.340 e. The highest BCUT2D eigenvalue weighted by Crippen LogP contribution is 2.17. The number of ether oxygens (including phenoxy) is 1. The largest absolute Gasteiger partial charge is 0.454 e. The van der Waals surface area contributed by atoms with E-state index in [1.807, 2.05) is 25.3 Å². The Labute approximate surface area is 161 Å². The van der Waals surface area contributed by atoms with Crippen molar-refractivity contribution >= 4 is 23.6 Å². The smallest absolute Gasteiger partial charge is 0.340 e. The van der Waals surface area contributed by atoms with Gasteiger partial charge in [-0.15, -0.1) is 0 Å². The average molecular weight is 384 g/mol. The Morgan fingerprint density at radius 1 is 1.21 bits per heavy atom. The van der Waals surface area contributed by atoms with Gasteiger partial charge in [0.2, 0.25) is 11.9 Å². The Hall–Kier alpha value is -3.49. The number of carbonyl (C=O) groups excluding carboxylic acids is 1. The molecule has 3 N–H and O–H groups in total. The van der Waals surface area contributed by atoms with E-state index in [1.165, 1.54) is 12.1 Å². The van der Waals surface area contributed by atoms with E-state index < -0.39 is 5.97 Å². The lowest BCUT2D eigenvalue weighted by atomic mass is 10.2. The normalized spacial score (nSPS) is 10.7. The topological polar surface area (TPSA) is 108 Å². The number of hydrogen-bond acceptors (Lipinski definition) is 7. The van der Waals surface area contributed by atoms with E-state index in [2.05, 4.69) is 20.3 Å². The first-order valence-corrected chi connectivity index (χ1v) is 8.74. The molecule has 0 saturated heterocycles. The van der Waals surface area contributed by atoms with Crippen molar-refractivity contribution in [3.63, 3.8) is 0 Å². The van der Waals surface area contributed by atoms with Gasteiger partial charge in [0.1, 0.15) is 5.82 Å². The van der Waals surface area contributed by atoms with E-state index in [-0.39, 0.29) is 30.1 Å². The Morgan fingerprint density at radius 2 is 1.93 bits per heavy atom. The van der Waals surface area contributed by atoms with Crippen molar-refractivity contribution in [1.29, 1.82) is 0 Å². The molecule has 0 fully saturated rings. The van der Waals surface area contributed by atoms with E-state index in [0.717, 1.165) is 17.9 Å². The molecule has 3 aromatic rings. The Kier molecular flexibility index (Phi) is 5.53. The van der Waals surface area contributed by atoms with Gasteiger partial charge in [-0.1, -0.05) is 0 Å². The molecule has 2 aromatic heterocycles. The highest BCUT2D eigenvalue weighted by molar-refractivity contribution is 5.91. The number of nitrogens with one attached hydrogen (secondary N) is 1. The fourth-order valence-corrected chi connectivity index (χ4v) is 2.92. The number of hydrogen-bond donors (Lipinski definition) is 2. The number of nitrogens with two attached hydrogens (primary N) is 1. The Morgan fingerprint density at radius 3 is 2.57 bits per heavy atom. The van der Waals surface area contributed by atoms with E-state index in [1.54, 1.807) is 18.2 Å². The zero-order valence-electron chi connectivity index (χ0n) is 15.9. The first-order valence-electron chi connectivity index (χ1n) is 8.74. The number of esters is 1. The monoisotopic (exact) mass is 384 g/mol. The third-order valence-corrected chi connectivity index (χ3v) is 4.24. The van der Waals surface area contributed by atoms with Crippen LogP contribution in [0.1, 0.15) is 34.5 Å². The summed E-state index contributed by atoms with van der Waals surface area (Å²) in [5.41, 5.74) is 8.64. The number of aryl methyl sites for hydroxylation is 1. The van der Waals surface area contributed by atoms with Crippen LogP contribution in [0.3, 0.4) is 0 Å². The molecule has 0 spiro atoms. The average Bonchev–Trinajstić information content (AvgIpc) is 2.95. The zero-order valence-corrected chi connectivity index (χ0v) is 15.9. The molecule has 0 aliphatic heterocycles. The molecule has 146 valence electrons. The number of halogens is 1. The van der Waals surface area contributed by atoms with Crippen molar-refractivity contribution in [1.82, 2.24) is 19.5 Å². The van der Waals surface area contributed by atoms with Crippen LogP contribution in [0.15, 0.2) is 30.3 Å². The van der Waals surface area contributed by atoms with Gasteiger partial charge in [-0.05, 0) is 51.1 Å². The SMILES string of the molecule is CCn1c(C)cc(C(=O)OCc2nc(N)nc(Nc3ccc(F)cc3)n2)c1C. The molecule has 28 heavy (non-hydrogen) atoms. The molecule has 0 radical (unpaired) electrons. The summed E-state index contributed by atoms with van der Waals surface area (Å²) >= 11 is 0. The van der Waals surface area contributed by atoms with Crippen molar-refractivity contribution in [3.8, 4) is 0 Å². The van der Waals surface area contributed by atoms with E-state index >= 15 is 0 Å². The quantitative estimate of drug-likeness (QED) is 0.629. The molecule has 0 unspecified atom stereocenters. The predicted molar refractivity (Wildman–Crippen MR) is 103 cm³/mol. The molecule has 0 atom stereocenters. The van der Waals surface area contributed by atoms with Crippen LogP contribution in [0.25, 0.3) is 0 Å². The number of aromatic nitrogens is 4. The first-order chi connectivity index (χ1) is 13.4. The van der Waals surface area contributed by atoms with Crippen molar-refractivity contribution in [2.75, 3.05) is 11.1 Å². The van der Waals surface area contributed by atoms with Crippen LogP contribution in [0.4, 0.5) is 22.0 Å². The molecule has 8 nitrogen and oxygen atoms in total. The minimum atomic E-state index is -0.458. The maximum atomic E-state index is 13.0. The number of anilines is 3. The molecule has 0 aliphatic rings. The molecule has 1 aromatic carbocycles. The van der Waals surface area contributed by atoms with Crippen molar-refractivity contribution < 1.29 is 13.9 Å². The fourth-order valence-electron chi connectivity index (χ4n) is 2.92. The van der Waals surface area contributed by atoms with Crippen LogP contribution in [0, 0.1) is 19.7 Å². The second-order valence-corrected chi connectivity index (χ2v) is 6.17. The van der Waals surface area contributed by atoms with Crippen LogP contribution < -0.4 is 11.1 Å². The summed E-state index contributed by atoms with van der Waals surface area (Å²) in [4.78, 5) is 24.6. The third-order valence-electron chi connectivity index (χ3n) is 4.24. The molecule has 0 saturated carbocycles. The minimum Gasteiger partial charge on any atom is -0.454 e. The van der Waals surface area contributed by atoms with Gasteiger partial charge in [-0.3, -0.25) is 0 Å². The van der Waals surface area contributed by atoms with E-state index in [4.69, 9.17) is 10.5 Å². The zero-order chi connectivity index (χ0) is 20.3. The number of nitrogen functional groups attached to an aromatic ring is 1. The molecule has 2 heterocycles. The number of rotatable bonds is 6. The van der Waals surface area contributed by atoms with E-state index in [0.29, 0.717) is 11.3 Å². The number of nitrogens with zero attached hydrogens (tertiary/aromatic N) is 4. The van der Waals surface area contributed by atoms with Crippen LogP contribution in [0.2, 0.25) is 0 Å². The van der Waals surface area contributed by atoms with Gasteiger partial charge in [-0.2, -0.15) is 15.0 Å². The minimum absolute atomic E-state index is 0.0187. The summed E-state index contributed by atoms with van der Waals surface area (Å²) < 4.78 is 20.4. The molecule has 0 amide bonds. The second kappa shape index (κ2) is 8.03. The van der Waals surface area contributed by atoms with Crippen molar-refractivity contribution in [2.24, 2.45) is 0 Å². The Bertz CT molecular complexity index is 1000. The summed E-state index contributed by atoms with van der Waals surface area (Å²) in [6.45, 7) is 6.44. The van der Waals surface area contributed by atoms with Gasteiger partial charge in [0.15, 0.2) is 12.4 Å². The first kappa shape index (κ1) is 19.3. The molecule has 9 heteroatoms. The second-order valence-electron chi connectivity index (χ2n) is 6.17. The maximum absolute atomic E-state index is 13.0. The summed E-state index contributed by atoms with van der Waals surface area (Å²) in [6, 6.07) is 7.49. The van der Waals surface area contributed by atoms with Gasteiger partial charge in [0, 0.05) is 23.6 Å². The number of carbonyl (C=O) groups is 1.